The first-order chi connectivity index (χ1) is 33.0. The third-order valence-electron chi connectivity index (χ3n) is 13.2. The monoisotopic (exact) mass is 1080 g/mol. The maximum absolute atomic E-state index is 13.8. The summed E-state index contributed by atoms with van der Waals surface area (Å²) >= 11 is 0. The van der Waals surface area contributed by atoms with Crippen molar-refractivity contribution in [1.29, 1.82) is 0 Å². The lowest BCUT2D eigenvalue weighted by Crippen LogP contribution is -2.28. The molecule has 0 atom stereocenters. The minimum atomic E-state index is -4.49. The molecule has 390 valence electrons. The van der Waals surface area contributed by atoms with Gasteiger partial charge in [0, 0.05) is 59.4 Å². The molecule has 0 radical (unpaired) electrons. The number of anilines is 1. The first kappa shape index (κ1) is 56.6. The molecule has 18 nitrogen and oxygen atoms in total. The number of nitrogens with one attached hydrogen (secondary N) is 1. The van der Waals surface area contributed by atoms with E-state index in [2.05, 4.69) is 41.4 Å². The molecule has 3 aromatic carbocycles. The standard InChI is InChI=1S/C48H65N4O14PS4/c1-47(2)40-34-37(71(63,64)65)21-23-41(40)51(28-8-11-31-68(55,56)57)44(47)25-19-35-15-13-16-36(33-35)20-26-45-48(3,4)46-39-17-14-18-43(70(61,62)50-27-7-5-6-10-30-66-67(49,53)54)38(39)22-24-42(46)52(45)29-9-12-32-69(58,59)60/h14,17-26,33-34,50,53-54H,5-13,15-16,27-32,49H2,1-4H3,(H-2,55,56,57,58,59,60,63,64,65)/p+2. The van der Waals surface area contributed by atoms with Crippen molar-refractivity contribution >= 4 is 76.3 Å². The number of nitrogens with two attached hydrogens (primary N) is 1. The second kappa shape index (κ2) is 22.4. The van der Waals surface area contributed by atoms with Crippen molar-refractivity contribution in [2.75, 3.05) is 42.6 Å². The van der Waals surface area contributed by atoms with E-state index in [0.29, 0.717) is 62.6 Å². The Morgan fingerprint density at radius 2 is 1.46 bits per heavy atom. The molecule has 0 unspecified atom stereocenters. The van der Waals surface area contributed by atoms with Gasteiger partial charge in [0.1, 0.15) is 6.54 Å². The topological polar surface area (TPSA) is 291 Å². The van der Waals surface area contributed by atoms with Gasteiger partial charge in [0.2, 0.25) is 15.7 Å². The molecule has 3 aliphatic rings. The Kier molecular flexibility index (Phi) is 17.8. The molecule has 0 fully saturated rings. The lowest BCUT2D eigenvalue weighted by molar-refractivity contribution is -0.438. The lowest BCUT2D eigenvalue weighted by atomic mass is 9.78. The fraction of sp³-hybridized carbons (Fsp3) is 0.479. The third-order valence-corrected chi connectivity index (χ3v) is 17.8. The molecule has 23 heteroatoms. The van der Waals surface area contributed by atoms with Crippen molar-refractivity contribution in [2.45, 2.75) is 119 Å². The number of hydrogen-bond donors (Lipinski definition) is 7. The minimum Gasteiger partial charge on any atom is -0.344 e. The lowest BCUT2D eigenvalue weighted by Gasteiger charge is -2.27. The van der Waals surface area contributed by atoms with Crippen LogP contribution in [0.2, 0.25) is 0 Å². The summed E-state index contributed by atoms with van der Waals surface area (Å²) in [5.74, 6) is -0.777. The first-order valence-corrected chi connectivity index (χ1v) is 31.4. The van der Waals surface area contributed by atoms with Crippen LogP contribution in [0.5, 0.6) is 0 Å². The molecule has 6 rings (SSSR count). The van der Waals surface area contributed by atoms with Crippen LogP contribution >= 0.6 is 8.09 Å². The van der Waals surface area contributed by atoms with Crippen LogP contribution in [0.25, 0.3) is 10.8 Å². The molecular weight excluding hydrogens is 1020 g/mol. The van der Waals surface area contributed by atoms with E-state index in [1.807, 2.05) is 43.0 Å². The Morgan fingerprint density at radius 3 is 2.14 bits per heavy atom. The largest absolute Gasteiger partial charge is 0.493 e. The highest BCUT2D eigenvalue weighted by Crippen LogP contribution is 2.49. The molecule has 0 amide bonds. The van der Waals surface area contributed by atoms with Crippen molar-refractivity contribution in [2.24, 2.45) is 5.50 Å². The van der Waals surface area contributed by atoms with Gasteiger partial charge in [-0.1, -0.05) is 57.0 Å². The number of unbranched alkanes of at least 4 members (excludes halogenated alkanes) is 5. The number of benzene rings is 3. The summed E-state index contributed by atoms with van der Waals surface area (Å²) in [6.07, 6.45) is 16.4. The smallest absolute Gasteiger partial charge is 0.344 e. The summed E-state index contributed by atoms with van der Waals surface area (Å²) in [6.45, 7) is 9.15. The van der Waals surface area contributed by atoms with Gasteiger partial charge in [-0.2, -0.15) is 44.1 Å². The molecule has 0 saturated carbocycles. The predicted molar refractivity (Wildman–Crippen MR) is 277 cm³/mol. The maximum atomic E-state index is 13.8. The van der Waals surface area contributed by atoms with Crippen molar-refractivity contribution in [3.8, 4) is 0 Å². The van der Waals surface area contributed by atoms with Gasteiger partial charge in [-0.25, -0.2) is 13.1 Å². The molecule has 0 bridgehead atoms. The van der Waals surface area contributed by atoms with E-state index in [4.69, 9.17) is 10.0 Å². The SMILES string of the molecule is CC1(C)C(/C=C/C2=CC(=C/C=C3/N(CCCCS(=O)(=O)O)c4ccc(S(=O)(=O)O)cc4C3(C)C)/CCC2)=[N+](CCCCS(=O)(=O)O)c2ccc3c(S(=O)(=O)NCCCCCCO[P+](N)(O)O)cccc3c21. The van der Waals surface area contributed by atoms with Crippen LogP contribution in [0.3, 0.4) is 0 Å². The van der Waals surface area contributed by atoms with Crippen LogP contribution < -0.4 is 15.1 Å². The second-order valence-corrected chi connectivity index (χ2v) is 27.1. The number of fused-ring (bicyclic) bond motifs is 4. The molecule has 0 saturated heterocycles. The van der Waals surface area contributed by atoms with E-state index in [0.717, 1.165) is 64.1 Å². The molecule has 0 spiro atoms. The van der Waals surface area contributed by atoms with Crippen LogP contribution in [-0.2, 0) is 55.7 Å². The first-order valence-electron chi connectivity index (χ1n) is 23.6. The number of rotatable bonds is 24. The molecule has 0 aromatic heterocycles. The van der Waals surface area contributed by atoms with E-state index < -0.39 is 65.1 Å². The summed E-state index contributed by atoms with van der Waals surface area (Å²) in [6, 6.07) is 13.3. The summed E-state index contributed by atoms with van der Waals surface area (Å²) in [5, 5.41) is 1.30. The van der Waals surface area contributed by atoms with Crippen molar-refractivity contribution in [3.05, 3.63) is 107 Å². The van der Waals surface area contributed by atoms with Gasteiger partial charge >= 0.3 is 8.09 Å². The second-order valence-electron chi connectivity index (χ2n) is 19.3. The average molecular weight is 1080 g/mol. The zero-order chi connectivity index (χ0) is 52.2. The van der Waals surface area contributed by atoms with E-state index in [9.17, 15) is 57.1 Å². The normalized spacial score (nSPS) is 18.6. The quantitative estimate of drug-likeness (QED) is 0.0197. The molecule has 3 aromatic rings. The van der Waals surface area contributed by atoms with Gasteiger partial charge in [0.15, 0.2) is 5.71 Å². The zero-order valence-electron chi connectivity index (χ0n) is 40.5. The number of allylic oxidation sites excluding steroid dienone is 8. The molecule has 71 heavy (non-hydrogen) atoms. The number of nitrogens with zero attached hydrogens (tertiary/aromatic N) is 2. The van der Waals surface area contributed by atoms with Gasteiger partial charge < -0.3 is 4.90 Å². The van der Waals surface area contributed by atoms with E-state index in [-0.39, 0.29) is 41.5 Å². The Bertz CT molecular complexity index is 3120. The van der Waals surface area contributed by atoms with E-state index in [1.54, 1.807) is 24.3 Å². The minimum absolute atomic E-state index is 0.0882. The van der Waals surface area contributed by atoms with Gasteiger partial charge in [0.25, 0.3) is 30.4 Å². The fourth-order valence-electron chi connectivity index (χ4n) is 9.81. The van der Waals surface area contributed by atoms with Crippen LogP contribution in [0.15, 0.2) is 106 Å². The van der Waals surface area contributed by atoms with Gasteiger partial charge in [-0.15, -0.1) is 5.50 Å². The summed E-state index contributed by atoms with van der Waals surface area (Å²) < 4.78 is 137. The molecule has 8 N–H and O–H groups in total. The van der Waals surface area contributed by atoms with Crippen LogP contribution in [-0.4, -0.2) is 105 Å². The molecular formula is C48H67N4O14PS4+2. The summed E-state index contributed by atoms with van der Waals surface area (Å²) in [5.41, 5.74) is 10.7. The summed E-state index contributed by atoms with van der Waals surface area (Å²) in [7, 11) is -20.5. The zero-order valence-corrected chi connectivity index (χ0v) is 44.6. The molecule has 2 aliphatic heterocycles. The highest BCUT2D eigenvalue weighted by molar-refractivity contribution is 7.89. The predicted octanol–water partition coefficient (Wildman–Crippen LogP) is 7.55. The fourth-order valence-corrected chi connectivity index (χ4v) is 13.1. The Hall–Kier alpha value is -3.74. The van der Waals surface area contributed by atoms with Gasteiger partial charge in [0.05, 0.1) is 33.3 Å². The van der Waals surface area contributed by atoms with E-state index in [1.165, 1.54) is 12.1 Å². The van der Waals surface area contributed by atoms with Gasteiger partial charge in [-0.3, -0.25) is 13.7 Å². The number of sulfonamides is 1. The summed E-state index contributed by atoms with van der Waals surface area (Å²) in [4.78, 5) is 20.3. The van der Waals surface area contributed by atoms with Gasteiger partial charge in [-0.05, 0) is 124 Å². The highest BCUT2D eigenvalue weighted by Gasteiger charge is 2.46. The average Bonchev–Trinajstić information content (AvgIpc) is 3.62. The van der Waals surface area contributed by atoms with Crippen molar-refractivity contribution < 1.29 is 66.2 Å². The number of hydrogen-bond acceptors (Lipinski definition) is 13. The van der Waals surface area contributed by atoms with Crippen molar-refractivity contribution in [1.82, 2.24) is 4.72 Å². The molecule has 2 heterocycles. The van der Waals surface area contributed by atoms with E-state index >= 15 is 0 Å². The Balaban J connectivity index is 1.29. The van der Waals surface area contributed by atoms with Crippen LogP contribution in [0, 0.1) is 0 Å². The maximum Gasteiger partial charge on any atom is 0.493 e. The Morgan fingerprint density at radius 1 is 0.775 bits per heavy atom. The molecule has 1 aliphatic carbocycles. The highest BCUT2D eigenvalue weighted by atomic mass is 32.2. The third kappa shape index (κ3) is 14.5. The Labute approximate surface area is 419 Å². The van der Waals surface area contributed by atoms with Crippen LogP contribution in [0.1, 0.15) is 109 Å². The van der Waals surface area contributed by atoms with Crippen LogP contribution in [0.4, 0.5) is 11.4 Å². The van der Waals surface area contributed by atoms with Crippen molar-refractivity contribution in [3.63, 3.8) is 0 Å².